The molecular formula is C11H14ClNO2S. The van der Waals surface area contributed by atoms with Gasteiger partial charge in [0.1, 0.15) is 0 Å². The van der Waals surface area contributed by atoms with Crippen LogP contribution in [0.15, 0.2) is 12.1 Å². The molecule has 0 radical (unpaired) electrons. The normalized spacial score (nSPS) is 25.8. The Morgan fingerprint density at radius 3 is 2.56 bits per heavy atom. The second-order valence-electron chi connectivity index (χ2n) is 4.07. The summed E-state index contributed by atoms with van der Waals surface area (Å²) in [4.78, 5) is 14.7. The van der Waals surface area contributed by atoms with Crippen LogP contribution in [-0.4, -0.2) is 36.1 Å². The molecule has 1 saturated heterocycles. The molecule has 1 aromatic rings. The largest absolute Gasteiger partial charge is 0.372 e. The summed E-state index contributed by atoms with van der Waals surface area (Å²) in [6.45, 7) is 5.27. The number of thiophene rings is 1. The van der Waals surface area contributed by atoms with Gasteiger partial charge in [-0.1, -0.05) is 11.6 Å². The summed E-state index contributed by atoms with van der Waals surface area (Å²) in [5, 5.41) is 0. The minimum Gasteiger partial charge on any atom is -0.372 e. The average molecular weight is 260 g/mol. The molecule has 1 aliphatic heterocycles. The van der Waals surface area contributed by atoms with Gasteiger partial charge in [0.2, 0.25) is 0 Å². The molecule has 3 nitrogen and oxygen atoms in total. The molecule has 1 fully saturated rings. The maximum Gasteiger partial charge on any atom is 0.264 e. The fraction of sp³-hybridized carbons (Fsp3) is 0.545. The Labute approximate surface area is 104 Å². The molecule has 1 amide bonds. The Morgan fingerprint density at radius 1 is 1.44 bits per heavy atom. The number of halogens is 1. The SMILES string of the molecule is C[C@@H]1CN(C(=O)c2ccc(Cl)s2)C[C@H](C)O1. The van der Waals surface area contributed by atoms with E-state index in [4.69, 9.17) is 16.3 Å². The van der Waals surface area contributed by atoms with Crippen molar-refractivity contribution >= 4 is 28.8 Å². The Hall–Kier alpha value is -0.580. The fourth-order valence-corrected chi connectivity index (χ4v) is 2.94. The number of hydrogen-bond donors (Lipinski definition) is 0. The molecule has 16 heavy (non-hydrogen) atoms. The van der Waals surface area contributed by atoms with Crippen LogP contribution in [0.5, 0.6) is 0 Å². The summed E-state index contributed by atoms with van der Waals surface area (Å²) in [5.74, 6) is 0.0545. The van der Waals surface area contributed by atoms with Crippen LogP contribution in [0.1, 0.15) is 23.5 Å². The molecule has 0 spiro atoms. The summed E-state index contributed by atoms with van der Waals surface area (Å²) in [6, 6.07) is 3.53. The van der Waals surface area contributed by atoms with E-state index in [1.165, 1.54) is 11.3 Å². The lowest BCUT2D eigenvalue weighted by Gasteiger charge is -2.35. The van der Waals surface area contributed by atoms with Crippen molar-refractivity contribution in [3.05, 3.63) is 21.3 Å². The van der Waals surface area contributed by atoms with Gasteiger partial charge in [-0.25, -0.2) is 0 Å². The zero-order valence-electron chi connectivity index (χ0n) is 9.27. The van der Waals surface area contributed by atoms with Gasteiger partial charge in [-0.3, -0.25) is 4.79 Å². The monoisotopic (exact) mass is 259 g/mol. The average Bonchev–Trinajstić information content (AvgIpc) is 2.62. The number of ether oxygens (including phenoxy) is 1. The predicted molar refractivity (Wildman–Crippen MR) is 65.2 cm³/mol. The molecule has 1 aliphatic rings. The highest BCUT2D eigenvalue weighted by Gasteiger charge is 2.27. The van der Waals surface area contributed by atoms with Crippen molar-refractivity contribution in [2.24, 2.45) is 0 Å². The first kappa shape index (κ1) is 11.9. The van der Waals surface area contributed by atoms with Gasteiger partial charge in [-0.15, -0.1) is 11.3 Å². The highest BCUT2D eigenvalue weighted by molar-refractivity contribution is 7.17. The lowest BCUT2D eigenvalue weighted by Crippen LogP contribution is -2.48. The number of carbonyl (C=O) groups excluding carboxylic acids is 1. The lowest BCUT2D eigenvalue weighted by atomic mass is 10.2. The maximum absolute atomic E-state index is 12.1. The Kier molecular flexibility index (Phi) is 3.52. The van der Waals surface area contributed by atoms with Gasteiger partial charge in [-0.05, 0) is 26.0 Å². The fourth-order valence-electron chi connectivity index (χ4n) is 1.93. The van der Waals surface area contributed by atoms with E-state index >= 15 is 0 Å². The third kappa shape index (κ3) is 2.56. The van der Waals surface area contributed by atoms with Crippen molar-refractivity contribution in [1.29, 1.82) is 0 Å². The van der Waals surface area contributed by atoms with E-state index in [9.17, 15) is 4.79 Å². The van der Waals surface area contributed by atoms with Crippen LogP contribution in [0.4, 0.5) is 0 Å². The van der Waals surface area contributed by atoms with E-state index < -0.39 is 0 Å². The Bertz CT molecular complexity index is 383. The molecule has 1 aromatic heterocycles. The number of rotatable bonds is 1. The smallest absolute Gasteiger partial charge is 0.264 e. The second-order valence-corrected chi connectivity index (χ2v) is 5.79. The molecule has 0 aromatic carbocycles. The van der Waals surface area contributed by atoms with Crippen LogP contribution < -0.4 is 0 Å². The molecule has 0 unspecified atom stereocenters. The van der Waals surface area contributed by atoms with E-state index in [2.05, 4.69) is 0 Å². The van der Waals surface area contributed by atoms with Crippen molar-refractivity contribution in [2.75, 3.05) is 13.1 Å². The minimum absolute atomic E-state index is 0.0545. The van der Waals surface area contributed by atoms with Gasteiger partial charge in [0.25, 0.3) is 5.91 Å². The van der Waals surface area contributed by atoms with Crippen molar-refractivity contribution in [3.8, 4) is 0 Å². The van der Waals surface area contributed by atoms with E-state index in [0.717, 1.165) is 0 Å². The number of morpholine rings is 1. The summed E-state index contributed by atoms with van der Waals surface area (Å²) < 4.78 is 6.24. The molecule has 0 bridgehead atoms. The first-order valence-corrected chi connectivity index (χ1v) is 6.46. The van der Waals surface area contributed by atoms with E-state index in [-0.39, 0.29) is 18.1 Å². The van der Waals surface area contributed by atoms with Crippen LogP contribution >= 0.6 is 22.9 Å². The van der Waals surface area contributed by atoms with Crippen molar-refractivity contribution in [3.63, 3.8) is 0 Å². The van der Waals surface area contributed by atoms with Crippen LogP contribution in [0.3, 0.4) is 0 Å². The first-order chi connectivity index (χ1) is 7.56. The van der Waals surface area contributed by atoms with Gasteiger partial charge in [0.05, 0.1) is 21.4 Å². The molecule has 88 valence electrons. The van der Waals surface area contributed by atoms with E-state index in [0.29, 0.717) is 22.3 Å². The third-order valence-corrected chi connectivity index (χ3v) is 3.71. The molecule has 2 rings (SSSR count). The second kappa shape index (κ2) is 4.73. The highest BCUT2D eigenvalue weighted by atomic mass is 35.5. The van der Waals surface area contributed by atoms with Crippen LogP contribution in [-0.2, 0) is 4.74 Å². The molecule has 5 heteroatoms. The number of carbonyl (C=O) groups is 1. The molecular weight excluding hydrogens is 246 g/mol. The summed E-state index contributed by atoms with van der Waals surface area (Å²) in [5.41, 5.74) is 0. The van der Waals surface area contributed by atoms with Crippen molar-refractivity contribution in [1.82, 2.24) is 4.90 Å². The minimum atomic E-state index is 0.0545. The zero-order chi connectivity index (χ0) is 11.7. The zero-order valence-corrected chi connectivity index (χ0v) is 10.8. The number of amides is 1. The highest BCUT2D eigenvalue weighted by Crippen LogP contribution is 2.24. The maximum atomic E-state index is 12.1. The standard InChI is InChI=1S/C11H14ClNO2S/c1-7-5-13(6-8(2)15-7)11(14)9-3-4-10(12)16-9/h3-4,7-8H,5-6H2,1-2H3/t7-,8+. The lowest BCUT2D eigenvalue weighted by molar-refractivity contribution is -0.0585. The third-order valence-electron chi connectivity index (χ3n) is 2.49. The first-order valence-electron chi connectivity index (χ1n) is 5.26. The Morgan fingerprint density at radius 2 is 2.06 bits per heavy atom. The van der Waals surface area contributed by atoms with Crippen molar-refractivity contribution < 1.29 is 9.53 Å². The van der Waals surface area contributed by atoms with Crippen LogP contribution in [0.2, 0.25) is 4.34 Å². The topological polar surface area (TPSA) is 29.5 Å². The Balaban J connectivity index is 2.09. The number of hydrogen-bond acceptors (Lipinski definition) is 3. The molecule has 0 saturated carbocycles. The number of nitrogens with zero attached hydrogens (tertiary/aromatic N) is 1. The van der Waals surface area contributed by atoms with Gasteiger partial charge < -0.3 is 9.64 Å². The van der Waals surface area contributed by atoms with Gasteiger partial charge in [0, 0.05) is 13.1 Å². The van der Waals surface area contributed by atoms with Crippen molar-refractivity contribution in [2.45, 2.75) is 26.1 Å². The quantitative estimate of drug-likeness (QED) is 0.776. The summed E-state index contributed by atoms with van der Waals surface area (Å²) in [6.07, 6.45) is 0.200. The van der Waals surface area contributed by atoms with Gasteiger partial charge in [0.15, 0.2) is 0 Å². The summed E-state index contributed by atoms with van der Waals surface area (Å²) in [7, 11) is 0. The summed E-state index contributed by atoms with van der Waals surface area (Å²) >= 11 is 7.15. The van der Waals surface area contributed by atoms with Crippen LogP contribution in [0, 0.1) is 0 Å². The van der Waals surface area contributed by atoms with Crippen LogP contribution in [0.25, 0.3) is 0 Å². The van der Waals surface area contributed by atoms with Gasteiger partial charge >= 0.3 is 0 Å². The molecule has 2 heterocycles. The van der Waals surface area contributed by atoms with E-state index in [1.807, 2.05) is 18.7 Å². The predicted octanol–water partition coefficient (Wildman–Crippen LogP) is 2.65. The molecule has 0 N–H and O–H groups in total. The molecule has 0 aliphatic carbocycles. The van der Waals surface area contributed by atoms with E-state index in [1.54, 1.807) is 12.1 Å². The van der Waals surface area contributed by atoms with Gasteiger partial charge in [-0.2, -0.15) is 0 Å². The molecule has 2 atom stereocenters.